The van der Waals surface area contributed by atoms with Gasteiger partial charge in [0.15, 0.2) is 0 Å². The number of hydrogen-bond acceptors (Lipinski definition) is 5. The molecule has 1 aromatic carbocycles. The third-order valence-corrected chi connectivity index (χ3v) is 4.24. The minimum atomic E-state index is -0.133. The second kappa shape index (κ2) is 6.15. The lowest BCUT2D eigenvalue weighted by atomic mass is 10.1. The van der Waals surface area contributed by atoms with Gasteiger partial charge in [-0.05, 0) is 25.1 Å². The lowest BCUT2D eigenvalue weighted by Crippen LogP contribution is -2.49. The first-order chi connectivity index (χ1) is 10.2. The first-order valence-corrected chi connectivity index (χ1v) is 7.52. The van der Waals surface area contributed by atoms with Crippen LogP contribution in [0.2, 0.25) is 0 Å². The molecule has 0 bridgehead atoms. The molecule has 3 rings (SSSR count). The molecule has 1 saturated heterocycles. The van der Waals surface area contributed by atoms with Crippen molar-refractivity contribution in [2.24, 2.45) is 5.84 Å². The molecule has 1 fully saturated rings. The van der Waals surface area contributed by atoms with E-state index in [0.717, 1.165) is 48.5 Å². The Kier molecular flexibility index (Phi) is 4.26. The number of furan rings is 1. The average molecular weight is 289 g/mol. The number of para-hydroxylation sites is 1. The molecular weight excluding hydrogens is 266 g/mol. The summed E-state index contributed by atoms with van der Waals surface area (Å²) in [5.41, 5.74) is 4.93. The SMILES string of the molecule is CCN1CCOC(C(NN)c2cc3cccc(C)c3o2)C1. The van der Waals surface area contributed by atoms with Gasteiger partial charge in [-0.3, -0.25) is 10.7 Å². The van der Waals surface area contributed by atoms with Gasteiger partial charge in [0.1, 0.15) is 17.4 Å². The average Bonchev–Trinajstić information content (AvgIpc) is 2.93. The second-order valence-corrected chi connectivity index (χ2v) is 5.59. The highest BCUT2D eigenvalue weighted by molar-refractivity contribution is 5.81. The van der Waals surface area contributed by atoms with Crippen LogP contribution in [0.4, 0.5) is 0 Å². The Morgan fingerprint density at radius 3 is 3.05 bits per heavy atom. The van der Waals surface area contributed by atoms with Gasteiger partial charge < -0.3 is 9.15 Å². The van der Waals surface area contributed by atoms with Gasteiger partial charge in [0.25, 0.3) is 0 Å². The highest BCUT2D eigenvalue weighted by Gasteiger charge is 2.30. The van der Waals surface area contributed by atoms with Crippen LogP contribution in [0.3, 0.4) is 0 Å². The number of benzene rings is 1. The van der Waals surface area contributed by atoms with Crippen LogP contribution < -0.4 is 11.3 Å². The molecule has 0 aliphatic carbocycles. The van der Waals surface area contributed by atoms with Gasteiger partial charge >= 0.3 is 0 Å². The summed E-state index contributed by atoms with van der Waals surface area (Å²) in [6.07, 6.45) is 0.00423. The number of aryl methyl sites for hydroxylation is 1. The van der Waals surface area contributed by atoms with Gasteiger partial charge in [-0.2, -0.15) is 0 Å². The van der Waals surface area contributed by atoms with E-state index in [1.54, 1.807) is 0 Å². The standard InChI is InChI=1S/C16H23N3O2/c1-3-19-7-8-20-14(10-19)15(18-17)13-9-12-6-4-5-11(2)16(12)21-13/h4-6,9,14-15,18H,3,7-8,10,17H2,1-2H3. The summed E-state index contributed by atoms with van der Waals surface area (Å²) in [7, 11) is 0. The van der Waals surface area contributed by atoms with E-state index in [-0.39, 0.29) is 12.1 Å². The molecule has 21 heavy (non-hydrogen) atoms. The van der Waals surface area contributed by atoms with Gasteiger partial charge in [0, 0.05) is 18.5 Å². The first kappa shape index (κ1) is 14.5. The van der Waals surface area contributed by atoms with Gasteiger partial charge in [0.2, 0.25) is 0 Å². The first-order valence-electron chi connectivity index (χ1n) is 7.52. The molecule has 0 saturated carbocycles. The van der Waals surface area contributed by atoms with Crippen LogP contribution in [-0.4, -0.2) is 37.2 Å². The third kappa shape index (κ3) is 2.82. The zero-order chi connectivity index (χ0) is 14.8. The Balaban J connectivity index is 1.89. The molecular formula is C16H23N3O2. The molecule has 0 amide bonds. The van der Waals surface area contributed by atoms with E-state index >= 15 is 0 Å². The van der Waals surface area contributed by atoms with E-state index < -0.39 is 0 Å². The molecule has 1 aliphatic rings. The second-order valence-electron chi connectivity index (χ2n) is 5.59. The zero-order valence-corrected chi connectivity index (χ0v) is 12.6. The molecule has 2 heterocycles. The number of hydrogen-bond donors (Lipinski definition) is 2. The predicted octanol–water partition coefficient (Wildman–Crippen LogP) is 1.97. The van der Waals surface area contributed by atoms with Crippen LogP contribution in [0.15, 0.2) is 28.7 Å². The van der Waals surface area contributed by atoms with E-state index in [1.807, 2.05) is 6.07 Å². The fraction of sp³-hybridized carbons (Fsp3) is 0.500. The van der Waals surface area contributed by atoms with Crippen molar-refractivity contribution in [3.05, 3.63) is 35.6 Å². The quantitative estimate of drug-likeness (QED) is 0.665. The minimum Gasteiger partial charge on any atom is -0.459 e. The summed E-state index contributed by atoms with van der Waals surface area (Å²) in [6.45, 7) is 7.81. The van der Waals surface area contributed by atoms with E-state index in [2.05, 4.69) is 42.4 Å². The van der Waals surface area contributed by atoms with Crippen molar-refractivity contribution >= 4 is 11.0 Å². The lowest BCUT2D eigenvalue weighted by molar-refractivity contribution is -0.0487. The zero-order valence-electron chi connectivity index (χ0n) is 12.6. The number of likely N-dealkylation sites (N-methyl/N-ethyl adjacent to an activating group) is 1. The maximum Gasteiger partial charge on any atom is 0.137 e. The highest BCUT2D eigenvalue weighted by atomic mass is 16.5. The van der Waals surface area contributed by atoms with Crippen LogP contribution in [0, 0.1) is 6.92 Å². The Morgan fingerprint density at radius 1 is 1.48 bits per heavy atom. The van der Waals surface area contributed by atoms with Crippen LogP contribution in [0.1, 0.15) is 24.3 Å². The normalized spacial score (nSPS) is 21.8. The number of fused-ring (bicyclic) bond motifs is 1. The van der Waals surface area contributed by atoms with E-state index in [4.69, 9.17) is 15.0 Å². The summed E-state index contributed by atoms with van der Waals surface area (Å²) in [5, 5.41) is 1.11. The van der Waals surface area contributed by atoms with Crippen molar-refractivity contribution < 1.29 is 9.15 Å². The molecule has 1 aromatic heterocycles. The summed E-state index contributed by atoms with van der Waals surface area (Å²) in [4.78, 5) is 2.37. The Hall–Kier alpha value is -1.40. The highest BCUT2D eigenvalue weighted by Crippen LogP contribution is 2.29. The number of nitrogens with one attached hydrogen (secondary N) is 1. The number of morpholine rings is 1. The molecule has 0 spiro atoms. The van der Waals surface area contributed by atoms with Gasteiger partial charge in [-0.1, -0.05) is 25.1 Å². The monoisotopic (exact) mass is 289 g/mol. The molecule has 5 nitrogen and oxygen atoms in total. The molecule has 0 radical (unpaired) electrons. The van der Waals surface area contributed by atoms with Crippen LogP contribution in [0.5, 0.6) is 0 Å². The molecule has 1 aliphatic heterocycles. The number of nitrogens with zero attached hydrogens (tertiary/aromatic N) is 1. The molecule has 2 aromatic rings. The number of ether oxygens (including phenoxy) is 1. The van der Waals surface area contributed by atoms with Gasteiger partial charge in [-0.15, -0.1) is 0 Å². The molecule has 2 unspecified atom stereocenters. The van der Waals surface area contributed by atoms with E-state index in [1.165, 1.54) is 0 Å². The number of hydrazine groups is 1. The van der Waals surface area contributed by atoms with Crippen LogP contribution in [-0.2, 0) is 4.74 Å². The number of nitrogens with two attached hydrogens (primary N) is 1. The number of rotatable bonds is 4. The van der Waals surface area contributed by atoms with E-state index in [0.29, 0.717) is 0 Å². The largest absolute Gasteiger partial charge is 0.459 e. The lowest BCUT2D eigenvalue weighted by Gasteiger charge is -2.35. The fourth-order valence-electron chi connectivity index (χ4n) is 2.98. The van der Waals surface area contributed by atoms with Crippen molar-refractivity contribution in [3.8, 4) is 0 Å². The maximum atomic E-state index is 6.03. The fourth-order valence-corrected chi connectivity index (χ4v) is 2.98. The molecule has 3 N–H and O–H groups in total. The predicted molar refractivity (Wildman–Crippen MR) is 82.9 cm³/mol. The minimum absolute atomic E-state index is 0.00423. The molecule has 114 valence electrons. The maximum absolute atomic E-state index is 6.03. The topological polar surface area (TPSA) is 63.7 Å². The summed E-state index contributed by atoms with van der Waals surface area (Å²) in [5.74, 6) is 6.61. The van der Waals surface area contributed by atoms with Crippen LogP contribution in [0.25, 0.3) is 11.0 Å². The van der Waals surface area contributed by atoms with Crippen molar-refractivity contribution in [1.82, 2.24) is 10.3 Å². The Labute approximate surface area is 125 Å². The smallest absolute Gasteiger partial charge is 0.137 e. The van der Waals surface area contributed by atoms with Gasteiger partial charge in [-0.25, -0.2) is 5.43 Å². The van der Waals surface area contributed by atoms with Crippen molar-refractivity contribution in [2.45, 2.75) is 26.0 Å². The third-order valence-electron chi connectivity index (χ3n) is 4.24. The van der Waals surface area contributed by atoms with Gasteiger partial charge in [0.05, 0.1) is 12.7 Å². The van der Waals surface area contributed by atoms with E-state index in [9.17, 15) is 0 Å². The van der Waals surface area contributed by atoms with Crippen molar-refractivity contribution in [1.29, 1.82) is 0 Å². The summed E-state index contributed by atoms with van der Waals surface area (Å²) in [6, 6.07) is 8.07. The molecule has 5 heteroatoms. The summed E-state index contributed by atoms with van der Waals surface area (Å²) < 4.78 is 11.9. The van der Waals surface area contributed by atoms with Crippen molar-refractivity contribution in [3.63, 3.8) is 0 Å². The van der Waals surface area contributed by atoms with Crippen LogP contribution >= 0.6 is 0 Å². The Morgan fingerprint density at radius 2 is 2.33 bits per heavy atom. The Bertz CT molecular complexity index is 611. The summed E-state index contributed by atoms with van der Waals surface area (Å²) >= 11 is 0. The van der Waals surface area contributed by atoms with Crippen molar-refractivity contribution in [2.75, 3.05) is 26.2 Å². The molecule has 2 atom stereocenters.